The van der Waals surface area contributed by atoms with Gasteiger partial charge in [-0.25, -0.2) is 4.57 Å². The first-order chi connectivity index (χ1) is 30.3. The molecule has 0 fully saturated rings. The number of carbonyl (C=O) groups excluding carboxylic acids is 1. The minimum absolute atomic E-state index is 0.0332. The maximum atomic E-state index is 12.7. The highest BCUT2D eigenvalue weighted by Gasteiger charge is 2.26. The number of unbranched alkanes of at least 4 members (excludes halogenated alkanes) is 15. The van der Waals surface area contributed by atoms with E-state index in [4.69, 9.17) is 23.6 Å². The van der Waals surface area contributed by atoms with Crippen LogP contribution in [0.2, 0.25) is 0 Å². The molecule has 0 saturated heterocycles. The van der Waals surface area contributed by atoms with E-state index in [1.54, 1.807) is 0 Å². The second-order valence-corrected chi connectivity index (χ2v) is 17.2. The second-order valence-electron chi connectivity index (χ2n) is 15.7. The zero-order valence-corrected chi connectivity index (χ0v) is 39.9. The molecule has 0 aliphatic carbocycles. The molecule has 0 rings (SSSR count). The number of aliphatic hydroxyl groups excluding tert-OH is 2. The van der Waals surface area contributed by atoms with Crippen molar-refractivity contribution in [3.63, 3.8) is 0 Å². The molecule has 0 amide bonds. The van der Waals surface area contributed by atoms with Crippen LogP contribution in [-0.4, -0.2) is 66.3 Å². The number of aliphatic hydroxyl groups is 2. The molecule has 356 valence electrons. The van der Waals surface area contributed by atoms with Gasteiger partial charge in [0.15, 0.2) is 0 Å². The summed E-state index contributed by atoms with van der Waals surface area (Å²) in [5, 5.41) is 18.4. The Kier molecular flexibility index (Phi) is 45.8. The van der Waals surface area contributed by atoms with Crippen LogP contribution in [0, 0.1) is 0 Å². The average Bonchev–Trinajstić information content (AvgIpc) is 3.26. The van der Waals surface area contributed by atoms with Crippen molar-refractivity contribution in [2.24, 2.45) is 0 Å². The Labute approximate surface area is 378 Å². The number of hydrogen-bond donors (Lipinski definition) is 3. The smallest absolute Gasteiger partial charge is 0.457 e. The van der Waals surface area contributed by atoms with Crippen LogP contribution in [0.5, 0.6) is 0 Å². The van der Waals surface area contributed by atoms with Gasteiger partial charge < -0.3 is 24.6 Å². The summed E-state index contributed by atoms with van der Waals surface area (Å²) in [7, 11) is -4.53. The molecule has 0 bridgehead atoms. The molecule has 0 radical (unpaired) electrons. The van der Waals surface area contributed by atoms with E-state index in [9.17, 15) is 19.4 Å². The molecule has 0 aromatic carbocycles. The van der Waals surface area contributed by atoms with Gasteiger partial charge in [0.25, 0.3) is 0 Å². The van der Waals surface area contributed by atoms with Crippen molar-refractivity contribution < 1.29 is 43.0 Å². The highest BCUT2D eigenvalue weighted by Crippen LogP contribution is 2.43. The van der Waals surface area contributed by atoms with Gasteiger partial charge in [-0.1, -0.05) is 182 Å². The summed E-state index contributed by atoms with van der Waals surface area (Å²) < 4.78 is 33.5. The predicted octanol–water partition coefficient (Wildman–Crippen LogP) is 14.0. The van der Waals surface area contributed by atoms with Gasteiger partial charge in [-0.3, -0.25) is 13.8 Å². The Morgan fingerprint density at radius 1 is 0.500 bits per heavy atom. The van der Waals surface area contributed by atoms with E-state index in [2.05, 4.69) is 111 Å². The van der Waals surface area contributed by atoms with Crippen LogP contribution < -0.4 is 0 Å². The average molecular weight is 889 g/mol. The summed E-state index contributed by atoms with van der Waals surface area (Å²) in [6.45, 7) is 3.25. The van der Waals surface area contributed by atoms with E-state index in [-0.39, 0.29) is 13.0 Å². The van der Waals surface area contributed by atoms with Crippen LogP contribution in [0.4, 0.5) is 0 Å². The van der Waals surface area contributed by atoms with Gasteiger partial charge in [0.05, 0.1) is 26.4 Å². The fraction of sp³-hybridized carbons (Fsp3) is 0.673. The number of phosphoric ester groups is 1. The van der Waals surface area contributed by atoms with Gasteiger partial charge in [-0.2, -0.15) is 0 Å². The monoisotopic (exact) mass is 889 g/mol. The van der Waals surface area contributed by atoms with Gasteiger partial charge >= 0.3 is 13.8 Å². The Morgan fingerprint density at radius 2 is 0.871 bits per heavy atom. The van der Waals surface area contributed by atoms with E-state index in [0.29, 0.717) is 13.0 Å². The van der Waals surface area contributed by atoms with E-state index in [1.807, 2.05) is 0 Å². The third-order valence-electron chi connectivity index (χ3n) is 9.77. The van der Waals surface area contributed by atoms with Crippen LogP contribution in [0.1, 0.15) is 181 Å². The maximum Gasteiger partial charge on any atom is 0.472 e. The van der Waals surface area contributed by atoms with Crippen molar-refractivity contribution in [2.45, 2.75) is 193 Å². The summed E-state index contributed by atoms with van der Waals surface area (Å²) in [6, 6.07) is 0. The summed E-state index contributed by atoms with van der Waals surface area (Å²) in [6.07, 6.45) is 60.8. The van der Waals surface area contributed by atoms with Gasteiger partial charge in [-0.15, -0.1) is 0 Å². The lowest BCUT2D eigenvalue weighted by Crippen LogP contribution is -2.29. The molecule has 3 unspecified atom stereocenters. The van der Waals surface area contributed by atoms with Gasteiger partial charge in [-0.05, 0) is 89.9 Å². The molecule has 0 aromatic rings. The standard InChI is InChI=1S/C52H89O9P/c1-3-5-7-9-11-13-15-17-19-21-22-23-24-25-26-27-29-31-33-35-37-39-41-43-45-58-48-51(49-60-62(56,57)59-47-50(54)46-53)61-52(55)44-42-40-38-36-34-32-30-28-20-18-16-14-12-10-8-6-4-2/h5-8,11-14,17-20,22-23,25-26,50-51,53-54H,3-4,9-10,15-16,21,24,27-49H2,1-2H3,(H,56,57)/b7-5-,8-6-,13-11-,14-12-,19-17-,20-18-,23-22-,26-25-. The summed E-state index contributed by atoms with van der Waals surface area (Å²) in [5.74, 6) is -0.400. The summed E-state index contributed by atoms with van der Waals surface area (Å²) in [4.78, 5) is 22.7. The largest absolute Gasteiger partial charge is 0.472 e. The highest BCUT2D eigenvalue weighted by atomic mass is 31.2. The van der Waals surface area contributed by atoms with Crippen LogP contribution in [0.3, 0.4) is 0 Å². The maximum absolute atomic E-state index is 12.7. The second kappa shape index (κ2) is 47.8. The number of allylic oxidation sites excluding steroid dienone is 16. The third kappa shape index (κ3) is 46.9. The predicted molar refractivity (Wildman–Crippen MR) is 260 cm³/mol. The van der Waals surface area contributed by atoms with Crippen molar-refractivity contribution in [3.8, 4) is 0 Å². The van der Waals surface area contributed by atoms with Crippen LogP contribution in [-0.2, 0) is 27.9 Å². The molecular weight excluding hydrogens is 800 g/mol. The first-order valence-electron chi connectivity index (χ1n) is 24.2. The summed E-state index contributed by atoms with van der Waals surface area (Å²) >= 11 is 0. The van der Waals surface area contributed by atoms with Crippen LogP contribution >= 0.6 is 7.82 Å². The highest BCUT2D eigenvalue weighted by molar-refractivity contribution is 7.47. The molecule has 0 aliphatic heterocycles. The molecule has 0 saturated carbocycles. The molecular formula is C52H89O9P. The van der Waals surface area contributed by atoms with Crippen molar-refractivity contribution in [3.05, 3.63) is 97.2 Å². The molecule has 62 heavy (non-hydrogen) atoms. The SMILES string of the molecule is CC/C=C\C/C=C\C/C=C\C/C=C\C/C=C\CCCCCCCCCCOCC(COP(=O)(O)OCC(O)CO)OC(=O)CCCCCCCCC/C=C\C/C=C\C/C=C\CC. The lowest BCUT2D eigenvalue weighted by atomic mass is 10.1. The minimum Gasteiger partial charge on any atom is -0.457 e. The van der Waals surface area contributed by atoms with Crippen molar-refractivity contribution in [2.75, 3.05) is 33.0 Å². The number of hydrogen-bond acceptors (Lipinski definition) is 8. The lowest BCUT2D eigenvalue weighted by Gasteiger charge is -2.20. The molecule has 3 atom stereocenters. The Hall–Kier alpha value is -2.62. The van der Waals surface area contributed by atoms with Crippen molar-refractivity contribution in [1.82, 2.24) is 0 Å². The van der Waals surface area contributed by atoms with Gasteiger partial charge in [0.1, 0.15) is 12.2 Å². The van der Waals surface area contributed by atoms with Gasteiger partial charge in [0.2, 0.25) is 0 Å². The molecule has 0 spiro atoms. The number of phosphoric acid groups is 1. The lowest BCUT2D eigenvalue weighted by molar-refractivity contribution is -0.154. The van der Waals surface area contributed by atoms with E-state index in [1.165, 1.54) is 51.4 Å². The van der Waals surface area contributed by atoms with E-state index < -0.39 is 45.8 Å². The first-order valence-corrected chi connectivity index (χ1v) is 25.7. The van der Waals surface area contributed by atoms with Crippen molar-refractivity contribution in [1.29, 1.82) is 0 Å². The Bertz CT molecular complexity index is 1280. The fourth-order valence-electron chi connectivity index (χ4n) is 6.16. The number of esters is 1. The molecule has 3 N–H and O–H groups in total. The third-order valence-corrected chi connectivity index (χ3v) is 10.7. The number of rotatable bonds is 45. The number of ether oxygens (including phenoxy) is 2. The molecule has 0 heterocycles. The van der Waals surface area contributed by atoms with Crippen LogP contribution in [0.15, 0.2) is 97.2 Å². The van der Waals surface area contributed by atoms with Crippen LogP contribution in [0.25, 0.3) is 0 Å². The summed E-state index contributed by atoms with van der Waals surface area (Å²) in [5.41, 5.74) is 0. The van der Waals surface area contributed by atoms with E-state index >= 15 is 0 Å². The number of carbonyl (C=O) groups is 1. The molecule has 0 aromatic heterocycles. The topological polar surface area (TPSA) is 132 Å². The Morgan fingerprint density at radius 3 is 1.31 bits per heavy atom. The molecule has 0 aliphatic rings. The zero-order valence-electron chi connectivity index (χ0n) is 39.1. The quantitative estimate of drug-likeness (QED) is 0.0237. The fourth-order valence-corrected chi connectivity index (χ4v) is 6.95. The van der Waals surface area contributed by atoms with Gasteiger partial charge in [0, 0.05) is 13.0 Å². The zero-order chi connectivity index (χ0) is 45.3. The van der Waals surface area contributed by atoms with Crippen molar-refractivity contribution >= 4 is 13.8 Å². The van der Waals surface area contributed by atoms with E-state index in [0.717, 1.165) is 103 Å². The minimum atomic E-state index is -4.53. The Balaban J connectivity index is 4.15. The molecule has 10 heteroatoms. The molecule has 9 nitrogen and oxygen atoms in total. The first kappa shape index (κ1) is 59.4. The normalized spacial score (nSPS) is 14.7.